The van der Waals surface area contributed by atoms with Gasteiger partial charge in [-0.15, -0.1) is 12.4 Å². The molecule has 104 valence electrons. The number of carbonyl (C=O) groups is 1. The number of ether oxygens (including phenoxy) is 1. The second kappa shape index (κ2) is 6.45. The van der Waals surface area contributed by atoms with Crippen molar-refractivity contribution < 1.29 is 14.6 Å². The predicted molar refractivity (Wildman–Crippen MR) is 75.5 cm³/mol. The molecule has 0 unspecified atom stereocenters. The summed E-state index contributed by atoms with van der Waals surface area (Å²) in [5.74, 6) is -0.193. The highest BCUT2D eigenvalue weighted by atomic mass is 35.5. The average Bonchev–Trinajstić information content (AvgIpc) is 2.70. The van der Waals surface area contributed by atoms with Crippen LogP contribution >= 0.6 is 12.4 Å². The second-order valence-corrected chi connectivity index (χ2v) is 4.13. The maximum absolute atomic E-state index is 11.4. The zero-order valence-corrected chi connectivity index (χ0v) is 11.4. The van der Waals surface area contributed by atoms with E-state index in [1.807, 2.05) is 6.07 Å². The largest absolute Gasteiger partial charge is 0.508 e. The van der Waals surface area contributed by atoms with Gasteiger partial charge in [-0.1, -0.05) is 0 Å². The first-order chi connectivity index (χ1) is 8.60. The fraction of sp³-hybridized carbons (Fsp3) is 0.308. The summed E-state index contributed by atoms with van der Waals surface area (Å²) in [5, 5.41) is 10.3. The molecule has 2 aromatic rings. The maximum Gasteiger partial charge on any atom is 0.323 e. The van der Waals surface area contributed by atoms with Crippen LogP contribution in [0.5, 0.6) is 5.75 Å². The molecule has 1 heterocycles. The van der Waals surface area contributed by atoms with Gasteiger partial charge in [0.15, 0.2) is 0 Å². The van der Waals surface area contributed by atoms with E-state index in [2.05, 4.69) is 4.98 Å². The van der Waals surface area contributed by atoms with Crippen LogP contribution < -0.4 is 5.73 Å². The van der Waals surface area contributed by atoms with E-state index in [4.69, 9.17) is 10.5 Å². The number of esters is 1. The van der Waals surface area contributed by atoms with Gasteiger partial charge in [-0.2, -0.15) is 0 Å². The number of aromatic amines is 1. The van der Waals surface area contributed by atoms with Crippen LogP contribution in [-0.4, -0.2) is 28.7 Å². The van der Waals surface area contributed by atoms with Crippen LogP contribution in [0.3, 0.4) is 0 Å². The number of nitrogens with two attached hydrogens (primary N) is 1. The minimum Gasteiger partial charge on any atom is -0.508 e. The van der Waals surface area contributed by atoms with Gasteiger partial charge in [0, 0.05) is 23.0 Å². The Labute approximate surface area is 117 Å². The number of halogens is 1. The molecular weight excluding hydrogens is 268 g/mol. The van der Waals surface area contributed by atoms with Gasteiger partial charge in [0.05, 0.1) is 6.61 Å². The van der Waals surface area contributed by atoms with E-state index in [9.17, 15) is 9.90 Å². The van der Waals surface area contributed by atoms with E-state index in [0.717, 1.165) is 16.6 Å². The van der Waals surface area contributed by atoms with E-state index < -0.39 is 12.0 Å². The molecule has 4 N–H and O–H groups in total. The minimum atomic E-state index is -0.674. The molecule has 0 fully saturated rings. The molecule has 5 nitrogen and oxygen atoms in total. The Bertz CT molecular complexity index is 568. The molecule has 0 bridgehead atoms. The van der Waals surface area contributed by atoms with Crippen LogP contribution in [0.4, 0.5) is 0 Å². The van der Waals surface area contributed by atoms with E-state index in [1.54, 1.807) is 25.1 Å². The molecule has 0 amide bonds. The topological polar surface area (TPSA) is 88.3 Å². The van der Waals surface area contributed by atoms with E-state index in [-0.39, 0.29) is 18.2 Å². The number of fused-ring (bicyclic) bond motifs is 1. The van der Waals surface area contributed by atoms with Crippen LogP contribution in [0, 0.1) is 0 Å². The Hall–Kier alpha value is -1.72. The number of nitrogens with one attached hydrogen (secondary N) is 1. The molecule has 0 radical (unpaired) electrons. The van der Waals surface area contributed by atoms with E-state index >= 15 is 0 Å². The summed E-state index contributed by atoms with van der Waals surface area (Å²) in [6.45, 7) is 2.07. The molecule has 1 aromatic heterocycles. The van der Waals surface area contributed by atoms with Gasteiger partial charge in [-0.05, 0) is 31.2 Å². The SMILES string of the molecule is CCOC(=O)[C@@H](N)Cc1cc2cc(O)ccc2[nH]1.Cl. The summed E-state index contributed by atoms with van der Waals surface area (Å²) in [4.78, 5) is 14.6. The molecule has 0 aliphatic rings. The second-order valence-electron chi connectivity index (χ2n) is 4.13. The fourth-order valence-electron chi connectivity index (χ4n) is 1.86. The zero-order chi connectivity index (χ0) is 13.1. The maximum atomic E-state index is 11.4. The molecule has 19 heavy (non-hydrogen) atoms. The van der Waals surface area contributed by atoms with Crippen molar-refractivity contribution in [1.29, 1.82) is 0 Å². The van der Waals surface area contributed by atoms with Gasteiger partial charge in [0.2, 0.25) is 0 Å². The highest BCUT2D eigenvalue weighted by molar-refractivity contribution is 5.85. The van der Waals surface area contributed by atoms with Gasteiger partial charge in [0.1, 0.15) is 11.8 Å². The first-order valence-corrected chi connectivity index (χ1v) is 5.83. The van der Waals surface area contributed by atoms with Crippen molar-refractivity contribution in [3.05, 3.63) is 30.0 Å². The Balaban J connectivity index is 0.00000180. The standard InChI is InChI=1S/C13H16N2O3.ClH/c1-2-18-13(17)11(14)7-9-5-8-6-10(16)3-4-12(8)15-9;/h3-6,11,15-16H,2,7,14H2,1H3;1H/t11-;/m0./s1. The third-order valence-electron chi connectivity index (χ3n) is 2.69. The lowest BCUT2D eigenvalue weighted by molar-refractivity contribution is -0.144. The Morgan fingerprint density at radius 2 is 2.21 bits per heavy atom. The van der Waals surface area contributed by atoms with Gasteiger partial charge < -0.3 is 20.6 Å². The van der Waals surface area contributed by atoms with Crippen molar-refractivity contribution in [2.45, 2.75) is 19.4 Å². The molecule has 0 spiro atoms. The van der Waals surface area contributed by atoms with Gasteiger partial charge in [0.25, 0.3) is 0 Å². The lowest BCUT2D eigenvalue weighted by Gasteiger charge is -2.08. The fourth-order valence-corrected chi connectivity index (χ4v) is 1.86. The molecule has 6 heteroatoms. The Morgan fingerprint density at radius 3 is 2.89 bits per heavy atom. The molecule has 0 saturated heterocycles. The zero-order valence-electron chi connectivity index (χ0n) is 10.6. The molecule has 0 saturated carbocycles. The number of rotatable bonds is 4. The van der Waals surface area contributed by atoms with Crippen LogP contribution in [0.1, 0.15) is 12.6 Å². The normalized spacial score (nSPS) is 11.9. The van der Waals surface area contributed by atoms with Crippen molar-refractivity contribution in [3.8, 4) is 5.75 Å². The number of aromatic hydroxyl groups is 1. The number of H-pyrrole nitrogens is 1. The number of benzene rings is 1. The minimum absolute atomic E-state index is 0. The van der Waals surface area contributed by atoms with Gasteiger partial charge in [-0.3, -0.25) is 4.79 Å². The predicted octanol–water partition coefficient (Wildman–Crippen LogP) is 1.73. The smallest absolute Gasteiger partial charge is 0.323 e. The lowest BCUT2D eigenvalue weighted by atomic mass is 10.1. The van der Waals surface area contributed by atoms with Crippen LogP contribution in [0.15, 0.2) is 24.3 Å². The summed E-state index contributed by atoms with van der Waals surface area (Å²) in [7, 11) is 0. The highest BCUT2D eigenvalue weighted by Crippen LogP contribution is 2.21. The Kier molecular flexibility index (Phi) is 5.20. The first kappa shape index (κ1) is 15.3. The monoisotopic (exact) mass is 284 g/mol. The number of phenolic OH excluding ortho intramolecular Hbond substituents is 1. The number of hydrogen-bond donors (Lipinski definition) is 3. The van der Waals surface area contributed by atoms with Crippen molar-refractivity contribution in [3.63, 3.8) is 0 Å². The summed E-state index contributed by atoms with van der Waals surface area (Å²) >= 11 is 0. The van der Waals surface area contributed by atoms with Gasteiger partial charge in [-0.25, -0.2) is 0 Å². The van der Waals surface area contributed by atoms with E-state index in [0.29, 0.717) is 13.0 Å². The number of phenols is 1. The van der Waals surface area contributed by atoms with E-state index in [1.165, 1.54) is 0 Å². The molecule has 2 rings (SSSR count). The molecule has 1 atom stereocenters. The average molecular weight is 285 g/mol. The van der Waals surface area contributed by atoms with Crippen LogP contribution in [-0.2, 0) is 16.0 Å². The number of hydrogen-bond acceptors (Lipinski definition) is 4. The molecular formula is C13H17ClN2O3. The van der Waals surface area contributed by atoms with Crippen molar-refractivity contribution >= 4 is 29.3 Å². The van der Waals surface area contributed by atoms with Crippen molar-refractivity contribution in [1.82, 2.24) is 4.98 Å². The number of carbonyl (C=O) groups excluding carboxylic acids is 1. The Morgan fingerprint density at radius 1 is 1.47 bits per heavy atom. The molecule has 0 aliphatic heterocycles. The van der Waals surface area contributed by atoms with Gasteiger partial charge >= 0.3 is 5.97 Å². The quantitative estimate of drug-likeness (QED) is 0.746. The van der Waals surface area contributed by atoms with Crippen molar-refractivity contribution in [2.75, 3.05) is 6.61 Å². The summed E-state index contributed by atoms with van der Waals surface area (Å²) < 4.78 is 4.85. The first-order valence-electron chi connectivity index (χ1n) is 5.83. The third kappa shape index (κ3) is 3.62. The number of aromatic nitrogens is 1. The summed E-state index contributed by atoms with van der Waals surface area (Å²) in [5.41, 5.74) is 7.49. The highest BCUT2D eigenvalue weighted by Gasteiger charge is 2.16. The van der Waals surface area contributed by atoms with Crippen molar-refractivity contribution in [2.24, 2.45) is 5.73 Å². The van der Waals surface area contributed by atoms with Crippen LogP contribution in [0.2, 0.25) is 0 Å². The third-order valence-corrected chi connectivity index (χ3v) is 2.69. The molecule has 1 aromatic carbocycles. The molecule has 0 aliphatic carbocycles. The summed E-state index contributed by atoms with van der Waals surface area (Å²) in [6, 6.07) is 6.24. The lowest BCUT2D eigenvalue weighted by Crippen LogP contribution is -2.34. The van der Waals surface area contributed by atoms with Crippen LogP contribution in [0.25, 0.3) is 10.9 Å². The summed E-state index contributed by atoms with van der Waals surface area (Å²) in [6.07, 6.45) is 0.383.